The highest BCUT2D eigenvalue weighted by atomic mass is 35.5. The number of halogens is 2. The molecule has 0 amide bonds. The molecule has 6 nitrogen and oxygen atoms in total. The van der Waals surface area contributed by atoms with Gasteiger partial charge in [-0.1, -0.05) is 23.2 Å². The minimum Gasteiger partial charge on any atom is -0.391 e. The molecule has 20 heavy (non-hydrogen) atoms. The lowest BCUT2D eigenvalue weighted by atomic mass is 10.2. The summed E-state index contributed by atoms with van der Waals surface area (Å²) in [5, 5.41) is 10.6. The Kier molecular flexibility index (Phi) is 4.74. The Labute approximate surface area is 125 Å². The van der Waals surface area contributed by atoms with Crippen molar-refractivity contribution in [3.05, 3.63) is 28.5 Å². The first-order valence-electron chi connectivity index (χ1n) is 5.79. The van der Waals surface area contributed by atoms with Crippen molar-refractivity contribution in [1.82, 2.24) is 9.55 Å². The molecule has 0 bridgehead atoms. The lowest BCUT2D eigenvalue weighted by molar-refractivity contribution is 0.150. The maximum atomic E-state index is 10.8. The molecule has 1 heterocycles. The average molecular weight is 339 g/mol. The molecule has 2 aromatic rings. The summed E-state index contributed by atoms with van der Waals surface area (Å²) in [7, 11) is -4.10. The van der Waals surface area contributed by atoms with Crippen LogP contribution in [0.15, 0.2) is 18.5 Å². The number of imidazole rings is 1. The van der Waals surface area contributed by atoms with E-state index < -0.39 is 13.7 Å². The second-order valence-electron chi connectivity index (χ2n) is 4.48. The van der Waals surface area contributed by atoms with Gasteiger partial charge in [0, 0.05) is 0 Å². The first-order valence-corrected chi connectivity index (χ1v) is 8.34. The molecule has 9 heteroatoms. The first kappa shape index (κ1) is 15.8. The van der Waals surface area contributed by atoms with Gasteiger partial charge in [0.1, 0.15) is 0 Å². The summed E-state index contributed by atoms with van der Waals surface area (Å²) in [4.78, 5) is 21.7. The Morgan fingerprint density at radius 1 is 1.30 bits per heavy atom. The summed E-state index contributed by atoms with van der Waals surface area (Å²) in [5.74, 6) is 0. The third kappa shape index (κ3) is 3.95. The molecule has 0 unspecified atom stereocenters. The number of aromatic nitrogens is 2. The predicted octanol–water partition coefficient (Wildman–Crippen LogP) is 2.27. The van der Waals surface area contributed by atoms with Crippen molar-refractivity contribution in [3.63, 3.8) is 0 Å². The van der Waals surface area contributed by atoms with Crippen LogP contribution >= 0.6 is 30.8 Å². The number of aliphatic hydroxyl groups is 1. The average Bonchev–Trinajstić information content (AvgIpc) is 2.69. The molecule has 0 saturated heterocycles. The van der Waals surface area contributed by atoms with Crippen molar-refractivity contribution in [2.45, 2.75) is 19.1 Å². The quantitative estimate of drug-likeness (QED) is 0.727. The van der Waals surface area contributed by atoms with E-state index in [4.69, 9.17) is 33.0 Å². The van der Waals surface area contributed by atoms with Crippen LogP contribution in [0.3, 0.4) is 0 Å². The standard InChI is InChI=1S/C11H13Cl2N2O4P/c12-8-3-10-11(4-9(8)13)15(6-14-10)5-7(16)1-2-20(17,18)19/h3-4,6-7,16H,1-2,5H2,(H2,17,18,19)/t7-/m1/s1. The summed E-state index contributed by atoms with van der Waals surface area (Å²) < 4.78 is 12.4. The Morgan fingerprint density at radius 2 is 1.95 bits per heavy atom. The fourth-order valence-corrected chi connectivity index (χ4v) is 2.78. The molecular weight excluding hydrogens is 326 g/mol. The fraction of sp³-hybridized carbons (Fsp3) is 0.364. The van der Waals surface area contributed by atoms with Crippen LogP contribution in [0, 0.1) is 0 Å². The van der Waals surface area contributed by atoms with Gasteiger partial charge in [-0.15, -0.1) is 0 Å². The highest BCUT2D eigenvalue weighted by Gasteiger charge is 2.17. The minimum absolute atomic E-state index is 0.00523. The van der Waals surface area contributed by atoms with E-state index in [1.807, 2.05) is 0 Å². The molecule has 110 valence electrons. The van der Waals surface area contributed by atoms with Crippen molar-refractivity contribution in [3.8, 4) is 0 Å². The van der Waals surface area contributed by atoms with Crippen LogP contribution < -0.4 is 0 Å². The van der Waals surface area contributed by atoms with Gasteiger partial charge in [-0.25, -0.2) is 4.98 Å². The van der Waals surface area contributed by atoms with Crippen molar-refractivity contribution in [2.75, 3.05) is 6.16 Å². The van der Waals surface area contributed by atoms with E-state index in [1.165, 1.54) is 6.33 Å². The fourth-order valence-electron chi connectivity index (χ4n) is 1.83. The normalized spacial score (nSPS) is 13.8. The van der Waals surface area contributed by atoms with E-state index in [2.05, 4.69) is 4.98 Å². The number of rotatable bonds is 5. The van der Waals surface area contributed by atoms with Crippen molar-refractivity contribution in [1.29, 1.82) is 0 Å². The van der Waals surface area contributed by atoms with Gasteiger partial charge in [-0.05, 0) is 18.6 Å². The SMILES string of the molecule is O=P(O)(O)CC[C@@H](O)Cn1cnc2cc(Cl)c(Cl)cc21. The third-order valence-electron chi connectivity index (χ3n) is 2.82. The molecule has 0 saturated carbocycles. The van der Waals surface area contributed by atoms with E-state index in [1.54, 1.807) is 16.7 Å². The number of benzene rings is 1. The first-order chi connectivity index (χ1) is 9.26. The molecule has 0 aliphatic heterocycles. The Hall–Kier alpha value is -0.620. The van der Waals surface area contributed by atoms with Gasteiger partial charge in [0.05, 0.1) is 46.2 Å². The molecule has 0 aliphatic carbocycles. The monoisotopic (exact) mass is 338 g/mol. The third-order valence-corrected chi connectivity index (χ3v) is 4.39. The number of hydrogen-bond donors (Lipinski definition) is 3. The number of fused-ring (bicyclic) bond motifs is 1. The largest absolute Gasteiger partial charge is 0.391 e. The Morgan fingerprint density at radius 3 is 2.60 bits per heavy atom. The molecule has 0 fully saturated rings. The predicted molar refractivity (Wildman–Crippen MR) is 77.3 cm³/mol. The van der Waals surface area contributed by atoms with Crippen LogP contribution in [0.4, 0.5) is 0 Å². The smallest absolute Gasteiger partial charge is 0.325 e. The van der Waals surface area contributed by atoms with E-state index >= 15 is 0 Å². The molecule has 1 aromatic carbocycles. The zero-order valence-corrected chi connectivity index (χ0v) is 12.7. The second kappa shape index (κ2) is 6.02. The van der Waals surface area contributed by atoms with Crippen molar-refractivity contribution >= 4 is 41.8 Å². The van der Waals surface area contributed by atoms with Crippen molar-refractivity contribution < 1.29 is 19.5 Å². The molecule has 0 spiro atoms. The van der Waals surface area contributed by atoms with Crippen LogP contribution in [-0.4, -0.2) is 36.7 Å². The molecular formula is C11H13Cl2N2O4P. The second-order valence-corrected chi connectivity index (χ2v) is 7.07. The van der Waals surface area contributed by atoms with E-state index in [9.17, 15) is 9.67 Å². The van der Waals surface area contributed by atoms with Gasteiger partial charge >= 0.3 is 7.60 Å². The summed E-state index contributed by atoms with van der Waals surface area (Å²) in [6, 6.07) is 3.26. The highest BCUT2D eigenvalue weighted by Crippen LogP contribution is 2.35. The maximum absolute atomic E-state index is 10.8. The van der Waals surface area contributed by atoms with E-state index in [0.717, 1.165) is 0 Å². The maximum Gasteiger partial charge on any atom is 0.325 e. The van der Waals surface area contributed by atoms with Gasteiger partial charge in [0.25, 0.3) is 0 Å². The Balaban J connectivity index is 2.14. The van der Waals surface area contributed by atoms with Crippen LogP contribution in [0.5, 0.6) is 0 Å². The zero-order valence-electron chi connectivity index (χ0n) is 10.3. The van der Waals surface area contributed by atoms with E-state index in [-0.39, 0.29) is 19.1 Å². The molecule has 3 N–H and O–H groups in total. The van der Waals surface area contributed by atoms with Crippen LogP contribution in [0.2, 0.25) is 10.0 Å². The van der Waals surface area contributed by atoms with Gasteiger partial charge in [-0.2, -0.15) is 0 Å². The lowest BCUT2D eigenvalue weighted by Crippen LogP contribution is -2.16. The molecule has 0 aliphatic rings. The topological polar surface area (TPSA) is 95.6 Å². The summed E-state index contributed by atoms with van der Waals surface area (Å²) in [5.41, 5.74) is 1.34. The number of aliphatic hydroxyl groups excluding tert-OH is 1. The zero-order chi connectivity index (χ0) is 14.9. The number of nitrogens with zero attached hydrogens (tertiary/aromatic N) is 2. The molecule has 2 rings (SSSR count). The van der Waals surface area contributed by atoms with Crippen molar-refractivity contribution in [2.24, 2.45) is 0 Å². The summed E-state index contributed by atoms with van der Waals surface area (Å²) in [6.45, 7) is 0.175. The molecule has 0 radical (unpaired) electrons. The van der Waals surface area contributed by atoms with Gasteiger partial charge in [0.15, 0.2) is 0 Å². The summed E-state index contributed by atoms with van der Waals surface area (Å²) in [6.07, 6.45) is 0.297. The highest BCUT2D eigenvalue weighted by molar-refractivity contribution is 7.51. The van der Waals surface area contributed by atoms with Gasteiger partial charge in [0.2, 0.25) is 0 Å². The summed E-state index contributed by atoms with van der Waals surface area (Å²) >= 11 is 11.8. The molecule has 1 aromatic heterocycles. The van der Waals surface area contributed by atoms with Gasteiger partial charge in [-0.3, -0.25) is 4.57 Å². The van der Waals surface area contributed by atoms with Crippen LogP contribution in [0.25, 0.3) is 11.0 Å². The van der Waals surface area contributed by atoms with Crippen LogP contribution in [-0.2, 0) is 11.1 Å². The lowest BCUT2D eigenvalue weighted by Gasteiger charge is -2.12. The Bertz CT molecular complexity index is 670. The van der Waals surface area contributed by atoms with Crippen LogP contribution in [0.1, 0.15) is 6.42 Å². The minimum atomic E-state index is -4.10. The molecule has 1 atom stereocenters. The number of hydrogen-bond acceptors (Lipinski definition) is 3. The van der Waals surface area contributed by atoms with Gasteiger partial charge < -0.3 is 19.5 Å². The van der Waals surface area contributed by atoms with E-state index in [0.29, 0.717) is 21.1 Å².